The predicted molar refractivity (Wildman–Crippen MR) is 47.9 cm³/mol. The van der Waals surface area contributed by atoms with Crippen LogP contribution in [0.2, 0.25) is 0 Å². The molecule has 0 amide bonds. The highest BCUT2D eigenvalue weighted by Crippen LogP contribution is 2.15. The summed E-state index contributed by atoms with van der Waals surface area (Å²) in [4.78, 5) is 3.82. The second-order valence-corrected chi connectivity index (χ2v) is 3.28. The Balaban J connectivity index is 3.01. The van der Waals surface area contributed by atoms with Crippen LogP contribution in [0.5, 0.6) is 0 Å². The van der Waals surface area contributed by atoms with E-state index in [0.29, 0.717) is 4.47 Å². The number of hydrogen-bond acceptors (Lipinski definition) is 3. The Hall–Kier alpha value is -0.520. The topological polar surface area (TPSA) is 64.9 Å². The molecule has 66 valence electrons. The summed E-state index contributed by atoms with van der Waals surface area (Å²) in [5.41, 5.74) is 11.0. The van der Waals surface area contributed by atoms with Crippen LogP contribution in [0.15, 0.2) is 16.7 Å². The smallest absolute Gasteiger partial charge is 0.147 e. The minimum atomic E-state index is -0.530. The fourth-order valence-corrected chi connectivity index (χ4v) is 1.11. The maximum atomic E-state index is 13.1. The van der Waals surface area contributed by atoms with Gasteiger partial charge in [0.2, 0.25) is 0 Å². The van der Waals surface area contributed by atoms with Crippen molar-refractivity contribution in [2.24, 2.45) is 11.5 Å². The maximum Gasteiger partial charge on any atom is 0.147 e. The van der Waals surface area contributed by atoms with Gasteiger partial charge in [0.25, 0.3) is 0 Å². The summed E-state index contributed by atoms with van der Waals surface area (Å²) in [7, 11) is 0. The Labute approximate surface area is 78.1 Å². The second kappa shape index (κ2) is 3.93. The van der Waals surface area contributed by atoms with E-state index in [1.165, 1.54) is 12.3 Å². The number of halogens is 2. The fraction of sp³-hybridized carbons (Fsp3) is 0.286. The lowest BCUT2D eigenvalue weighted by atomic mass is 10.2. The molecular weight excluding hydrogens is 225 g/mol. The van der Waals surface area contributed by atoms with E-state index in [4.69, 9.17) is 11.5 Å². The van der Waals surface area contributed by atoms with E-state index in [1.54, 1.807) is 0 Å². The molecule has 0 radical (unpaired) electrons. The van der Waals surface area contributed by atoms with Crippen LogP contribution in [0.3, 0.4) is 0 Å². The first-order chi connectivity index (χ1) is 5.65. The summed E-state index contributed by atoms with van der Waals surface area (Å²) in [5.74, 6) is -0.428. The average Bonchev–Trinajstić information content (AvgIpc) is 2.03. The summed E-state index contributed by atoms with van der Waals surface area (Å²) >= 11 is 3.09. The number of nitrogens with two attached hydrogens (primary N) is 2. The van der Waals surface area contributed by atoms with E-state index in [9.17, 15) is 4.39 Å². The van der Waals surface area contributed by atoms with Gasteiger partial charge in [-0.2, -0.15) is 0 Å². The van der Waals surface area contributed by atoms with Gasteiger partial charge < -0.3 is 11.5 Å². The molecule has 0 spiro atoms. The first-order valence-electron chi connectivity index (χ1n) is 3.41. The molecule has 3 nitrogen and oxygen atoms in total. The third-order valence-electron chi connectivity index (χ3n) is 1.44. The van der Waals surface area contributed by atoms with Crippen LogP contribution in [0, 0.1) is 5.82 Å². The van der Waals surface area contributed by atoms with Crippen LogP contribution in [-0.4, -0.2) is 11.5 Å². The highest BCUT2D eigenvalue weighted by molar-refractivity contribution is 9.10. The van der Waals surface area contributed by atoms with Crippen LogP contribution in [0.25, 0.3) is 0 Å². The van der Waals surface area contributed by atoms with Crippen molar-refractivity contribution in [1.82, 2.24) is 4.98 Å². The van der Waals surface area contributed by atoms with Crippen molar-refractivity contribution in [1.29, 1.82) is 0 Å². The highest BCUT2D eigenvalue weighted by Gasteiger charge is 2.11. The Morgan fingerprint density at radius 2 is 2.33 bits per heavy atom. The zero-order chi connectivity index (χ0) is 9.14. The average molecular weight is 234 g/mol. The molecule has 0 fully saturated rings. The van der Waals surface area contributed by atoms with Crippen LogP contribution in [0.1, 0.15) is 11.7 Å². The van der Waals surface area contributed by atoms with Crippen LogP contribution < -0.4 is 11.5 Å². The molecule has 1 aromatic rings. The van der Waals surface area contributed by atoms with Crippen molar-refractivity contribution >= 4 is 15.9 Å². The van der Waals surface area contributed by atoms with E-state index < -0.39 is 11.9 Å². The number of nitrogens with zero attached hydrogens (tertiary/aromatic N) is 1. The van der Waals surface area contributed by atoms with Crippen molar-refractivity contribution in [2.75, 3.05) is 6.54 Å². The molecule has 0 bridgehead atoms. The third-order valence-corrected chi connectivity index (χ3v) is 1.88. The monoisotopic (exact) mass is 233 g/mol. The lowest BCUT2D eigenvalue weighted by Crippen LogP contribution is -2.23. The van der Waals surface area contributed by atoms with Gasteiger partial charge >= 0.3 is 0 Å². The summed E-state index contributed by atoms with van der Waals surface area (Å²) in [6.45, 7) is 0.186. The molecule has 4 N–H and O–H groups in total. The Bertz CT molecular complexity index is 279. The summed E-state index contributed by atoms with van der Waals surface area (Å²) in [6, 6.07) is 0.788. The second-order valence-electron chi connectivity index (χ2n) is 2.36. The quantitative estimate of drug-likeness (QED) is 0.800. The maximum absolute atomic E-state index is 13.1. The molecule has 12 heavy (non-hydrogen) atoms. The van der Waals surface area contributed by atoms with E-state index in [0.717, 1.165) is 0 Å². The summed E-state index contributed by atoms with van der Waals surface area (Å²) in [6.07, 6.45) is 1.49. The summed E-state index contributed by atoms with van der Waals surface area (Å²) in [5, 5.41) is 0. The molecule has 0 saturated heterocycles. The molecule has 1 rings (SSSR count). The van der Waals surface area contributed by atoms with Crippen LogP contribution in [0.4, 0.5) is 4.39 Å². The van der Waals surface area contributed by atoms with Gasteiger partial charge in [0.1, 0.15) is 5.82 Å². The summed E-state index contributed by atoms with van der Waals surface area (Å²) < 4.78 is 13.7. The zero-order valence-electron chi connectivity index (χ0n) is 6.30. The largest absolute Gasteiger partial charge is 0.329 e. The van der Waals surface area contributed by atoms with Gasteiger partial charge in [-0.3, -0.25) is 4.98 Å². The van der Waals surface area contributed by atoms with Crippen molar-refractivity contribution in [3.63, 3.8) is 0 Å². The van der Waals surface area contributed by atoms with Crippen LogP contribution >= 0.6 is 15.9 Å². The third kappa shape index (κ3) is 2.00. The van der Waals surface area contributed by atoms with Gasteiger partial charge in [-0.25, -0.2) is 4.39 Å². The molecule has 0 aromatic carbocycles. The molecular formula is C7H9BrFN3. The Morgan fingerprint density at radius 3 is 2.83 bits per heavy atom. The molecule has 1 atom stereocenters. The van der Waals surface area contributed by atoms with Gasteiger partial charge in [-0.1, -0.05) is 0 Å². The van der Waals surface area contributed by atoms with Crippen molar-refractivity contribution < 1.29 is 4.39 Å². The van der Waals surface area contributed by atoms with Crippen molar-refractivity contribution in [2.45, 2.75) is 6.04 Å². The van der Waals surface area contributed by atoms with E-state index in [2.05, 4.69) is 20.9 Å². The zero-order valence-corrected chi connectivity index (χ0v) is 7.88. The Kier molecular flexibility index (Phi) is 3.13. The minimum absolute atomic E-state index is 0.186. The molecule has 1 unspecified atom stereocenters. The molecule has 0 saturated carbocycles. The van der Waals surface area contributed by atoms with E-state index in [1.807, 2.05) is 0 Å². The highest BCUT2D eigenvalue weighted by atomic mass is 79.9. The van der Waals surface area contributed by atoms with Gasteiger partial charge in [-0.05, 0) is 22.0 Å². The fourth-order valence-electron chi connectivity index (χ4n) is 0.810. The van der Waals surface area contributed by atoms with Gasteiger partial charge in [0.05, 0.1) is 11.7 Å². The molecule has 1 aromatic heterocycles. The first-order valence-corrected chi connectivity index (χ1v) is 4.21. The predicted octanol–water partition coefficient (Wildman–Crippen LogP) is 0.942. The van der Waals surface area contributed by atoms with Crippen molar-refractivity contribution in [3.8, 4) is 0 Å². The molecule has 0 aliphatic carbocycles. The normalized spacial score (nSPS) is 13.0. The molecule has 5 heteroatoms. The standard InChI is InChI=1S/C7H9BrFN3/c8-4-1-5(9)7(12-3-4)6(11)2-10/h1,3,6H,2,10-11H2. The molecule has 0 aliphatic heterocycles. The SMILES string of the molecule is NCC(N)c1ncc(Br)cc1F. The molecule has 0 aliphatic rings. The lowest BCUT2D eigenvalue weighted by molar-refractivity contribution is 0.567. The van der Waals surface area contributed by atoms with Gasteiger partial charge in [0.15, 0.2) is 0 Å². The van der Waals surface area contributed by atoms with Gasteiger partial charge in [-0.15, -0.1) is 0 Å². The number of rotatable bonds is 2. The number of hydrogen-bond donors (Lipinski definition) is 2. The number of pyridine rings is 1. The van der Waals surface area contributed by atoms with Gasteiger partial charge in [0, 0.05) is 17.2 Å². The minimum Gasteiger partial charge on any atom is -0.329 e. The lowest BCUT2D eigenvalue weighted by Gasteiger charge is -2.08. The first kappa shape index (κ1) is 9.57. The number of aromatic nitrogens is 1. The van der Waals surface area contributed by atoms with Crippen molar-refractivity contribution in [3.05, 3.63) is 28.2 Å². The molecule has 1 heterocycles. The Morgan fingerprint density at radius 1 is 1.67 bits per heavy atom. The van der Waals surface area contributed by atoms with E-state index >= 15 is 0 Å². The van der Waals surface area contributed by atoms with Crippen LogP contribution in [-0.2, 0) is 0 Å². The van der Waals surface area contributed by atoms with E-state index in [-0.39, 0.29) is 12.2 Å².